The maximum absolute atomic E-state index is 13.1. The van der Waals surface area contributed by atoms with Gasteiger partial charge in [-0.1, -0.05) is 19.1 Å². The number of alkyl halides is 3. The van der Waals surface area contributed by atoms with E-state index >= 15 is 0 Å². The Morgan fingerprint density at radius 2 is 1.93 bits per heavy atom. The number of fused-ring (bicyclic) bond motifs is 1. The molecule has 0 aliphatic carbocycles. The highest BCUT2D eigenvalue weighted by Crippen LogP contribution is 2.35. The molecule has 0 fully saturated rings. The molecular formula is C21H20F3N3O3. The van der Waals surface area contributed by atoms with E-state index in [1.54, 1.807) is 31.2 Å². The zero-order valence-electron chi connectivity index (χ0n) is 16.4. The van der Waals surface area contributed by atoms with Crippen LogP contribution in [0.15, 0.2) is 47.3 Å². The smallest absolute Gasteiger partial charge is 0.416 e. The van der Waals surface area contributed by atoms with Gasteiger partial charge in [0.25, 0.3) is 5.56 Å². The number of anilines is 1. The minimum absolute atomic E-state index is 0.109. The van der Waals surface area contributed by atoms with E-state index in [9.17, 15) is 22.8 Å². The number of benzene rings is 2. The maximum Gasteiger partial charge on any atom is 0.416 e. The first-order chi connectivity index (χ1) is 14.2. The van der Waals surface area contributed by atoms with Gasteiger partial charge in [-0.15, -0.1) is 0 Å². The monoisotopic (exact) mass is 419 g/mol. The molecule has 158 valence electrons. The molecule has 0 aliphatic heterocycles. The fourth-order valence-corrected chi connectivity index (χ4v) is 2.94. The summed E-state index contributed by atoms with van der Waals surface area (Å²) in [6.07, 6.45) is -3.93. The molecule has 1 N–H and O–H groups in total. The summed E-state index contributed by atoms with van der Waals surface area (Å²) in [7, 11) is 0. The third-order valence-electron chi connectivity index (χ3n) is 4.40. The molecule has 0 spiro atoms. The third kappa shape index (κ3) is 4.61. The molecule has 9 heteroatoms. The predicted molar refractivity (Wildman–Crippen MR) is 107 cm³/mol. The van der Waals surface area contributed by atoms with Crippen molar-refractivity contribution in [1.29, 1.82) is 0 Å². The number of para-hydroxylation sites is 1. The second-order valence-electron chi connectivity index (χ2n) is 6.67. The van der Waals surface area contributed by atoms with Crippen molar-refractivity contribution in [3.8, 4) is 5.75 Å². The summed E-state index contributed by atoms with van der Waals surface area (Å²) in [5, 5.41) is 2.78. The molecule has 0 aliphatic rings. The van der Waals surface area contributed by atoms with Crippen LogP contribution in [0.3, 0.4) is 0 Å². The van der Waals surface area contributed by atoms with Gasteiger partial charge in [0.1, 0.15) is 18.1 Å². The topological polar surface area (TPSA) is 73.2 Å². The lowest BCUT2D eigenvalue weighted by atomic mass is 10.1. The highest BCUT2D eigenvalue weighted by atomic mass is 19.4. The largest absolute Gasteiger partial charge is 0.491 e. The number of ether oxygens (including phenoxy) is 1. The molecular weight excluding hydrogens is 399 g/mol. The van der Waals surface area contributed by atoms with Crippen molar-refractivity contribution in [1.82, 2.24) is 9.55 Å². The Kier molecular flexibility index (Phi) is 6.09. The van der Waals surface area contributed by atoms with Crippen LogP contribution in [0.4, 0.5) is 18.9 Å². The van der Waals surface area contributed by atoms with Gasteiger partial charge in [0.15, 0.2) is 0 Å². The number of carbonyl (C=O) groups is 1. The maximum atomic E-state index is 13.1. The molecule has 3 rings (SSSR count). The van der Waals surface area contributed by atoms with Crippen LogP contribution in [0.5, 0.6) is 5.75 Å². The molecule has 2 aromatic carbocycles. The number of carbonyl (C=O) groups excluding carboxylic acids is 1. The summed E-state index contributed by atoms with van der Waals surface area (Å²) in [5.74, 6) is -0.225. The lowest BCUT2D eigenvalue weighted by Gasteiger charge is -2.16. The van der Waals surface area contributed by atoms with Crippen molar-refractivity contribution in [3.63, 3.8) is 0 Å². The Morgan fingerprint density at radius 1 is 1.20 bits per heavy atom. The Morgan fingerprint density at radius 3 is 2.63 bits per heavy atom. The van der Waals surface area contributed by atoms with Crippen LogP contribution in [-0.2, 0) is 17.5 Å². The molecule has 0 saturated carbocycles. The van der Waals surface area contributed by atoms with Crippen LogP contribution in [0.2, 0.25) is 0 Å². The fraction of sp³-hybridized carbons (Fsp3) is 0.286. The number of aromatic nitrogens is 2. The van der Waals surface area contributed by atoms with Gasteiger partial charge in [0, 0.05) is 0 Å². The summed E-state index contributed by atoms with van der Waals surface area (Å²) in [6, 6.07) is 9.60. The average molecular weight is 419 g/mol. The minimum Gasteiger partial charge on any atom is -0.491 e. The van der Waals surface area contributed by atoms with Crippen molar-refractivity contribution in [3.05, 3.63) is 64.2 Å². The normalized spacial score (nSPS) is 11.5. The average Bonchev–Trinajstić information content (AvgIpc) is 2.69. The van der Waals surface area contributed by atoms with Gasteiger partial charge in [-0.2, -0.15) is 13.2 Å². The van der Waals surface area contributed by atoms with Crippen molar-refractivity contribution in [2.24, 2.45) is 0 Å². The molecule has 1 heterocycles. The molecule has 0 atom stereocenters. The highest BCUT2D eigenvalue weighted by Gasteiger charge is 2.31. The van der Waals surface area contributed by atoms with E-state index in [1.807, 2.05) is 6.92 Å². The summed E-state index contributed by atoms with van der Waals surface area (Å²) >= 11 is 0. The Hall–Kier alpha value is -3.36. The molecule has 0 unspecified atom stereocenters. The van der Waals surface area contributed by atoms with Gasteiger partial charge in [-0.25, -0.2) is 4.98 Å². The molecule has 0 bridgehead atoms. The van der Waals surface area contributed by atoms with Crippen LogP contribution in [-0.4, -0.2) is 22.1 Å². The van der Waals surface area contributed by atoms with Crippen LogP contribution in [0.1, 0.15) is 24.7 Å². The van der Waals surface area contributed by atoms with Gasteiger partial charge in [-0.05, 0) is 43.7 Å². The first-order valence-electron chi connectivity index (χ1n) is 9.30. The van der Waals surface area contributed by atoms with Crippen molar-refractivity contribution >= 4 is 22.5 Å². The predicted octanol–water partition coefficient (Wildman–Crippen LogP) is 4.15. The SMILES string of the molecule is CCCOc1ccc(C(F)(F)F)cc1NC(=O)Cn1c(C)nc2ccccc2c1=O. The zero-order valence-corrected chi connectivity index (χ0v) is 16.4. The number of hydrogen-bond acceptors (Lipinski definition) is 4. The number of rotatable bonds is 6. The highest BCUT2D eigenvalue weighted by molar-refractivity contribution is 5.92. The van der Waals surface area contributed by atoms with Gasteiger partial charge in [0.2, 0.25) is 5.91 Å². The van der Waals surface area contributed by atoms with Gasteiger partial charge in [0.05, 0.1) is 28.8 Å². The van der Waals surface area contributed by atoms with E-state index in [0.717, 1.165) is 12.1 Å². The molecule has 1 aromatic heterocycles. The molecule has 3 aromatic rings. The summed E-state index contributed by atoms with van der Waals surface area (Å²) in [6.45, 7) is 3.32. The summed E-state index contributed by atoms with van der Waals surface area (Å²) < 4.78 is 45.9. The molecule has 6 nitrogen and oxygen atoms in total. The lowest BCUT2D eigenvalue weighted by Crippen LogP contribution is -2.30. The second-order valence-corrected chi connectivity index (χ2v) is 6.67. The quantitative estimate of drug-likeness (QED) is 0.652. The van der Waals surface area contributed by atoms with Crippen molar-refractivity contribution < 1.29 is 22.7 Å². The standard InChI is InChI=1S/C21H20F3N3O3/c1-3-10-30-18-9-8-14(21(22,23)24)11-17(18)26-19(28)12-27-13(2)25-16-7-5-4-6-15(16)20(27)29/h4-9,11H,3,10,12H2,1-2H3,(H,26,28). The van der Waals surface area contributed by atoms with E-state index in [2.05, 4.69) is 10.3 Å². The third-order valence-corrected chi connectivity index (χ3v) is 4.40. The van der Waals surface area contributed by atoms with Crippen LogP contribution in [0, 0.1) is 6.92 Å². The molecule has 30 heavy (non-hydrogen) atoms. The Labute approximate surface area is 170 Å². The van der Waals surface area contributed by atoms with E-state index in [4.69, 9.17) is 4.74 Å². The molecule has 0 saturated heterocycles. The zero-order chi connectivity index (χ0) is 21.9. The summed E-state index contributed by atoms with van der Waals surface area (Å²) in [4.78, 5) is 29.6. The number of halogens is 3. The van der Waals surface area contributed by atoms with Crippen molar-refractivity contribution in [2.75, 3.05) is 11.9 Å². The first kappa shape index (κ1) is 21.4. The lowest BCUT2D eigenvalue weighted by molar-refractivity contribution is -0.137. The number of nitrogens with zero attached hydrogens (tertiary/aromatic N) is 2. The Bertz CT molecular complexity index is 1140. The van der Waals surface area contributed by atoms with E-state index in [0.29, 0.717) is 23.1 Å². The van der Waals surface area contributed by atoms with E-state index < -0.39 is 29.8 Å². The Balaban J connectivity index is 1.90. The summed E-state index contributed by atoms with van der Waals surface area (Å²) in [5.41, 5.74) is -0.922. The van der Waals surface area contributed by atoms with Crippen LogP contribution >= 0.6 is 0 Å². The molecule has 1 amide bonds. The van der Waals surface area contributed by atoms with Crippen LogP contribution < -0.4 is 15.6 Å². The number of aryl methyl sites for hydroxylation is 1. The number of nitrogens with one attached hydrogen (secondary N) is 1. The van der Waals surface area contributed by atoms with E-state index in [-0.39, 0.29) is 18.0 Å². The second kappa shape index (κ2) is 8.56. The van der Waals surface area contributed by atoms with E-state index in [1.165, 1.54) is 10.6 Å². The van der Waals surface area contributed by atoms with Crippen LogP contribution in [0.25, 0.3) is 10.9 Å². The molecule has 0 radical (unpaired) electrons. The van der Waals surface area contributed by atoms with Gasteiger partial charge in [-0.3, -0.25) is 14.2 Å². The fourth-order valence-electron chi connectivity index (χ4n) is 2.94. The van der Waals surface area contributed by atoms with Gasteiger partial charge >= 0.3 is 6.18 Å². The first-order valence-corrected chi connectivity index (χ1v) is 9.30. The van der Waals surface area contributed by atoms with Crippen molar-refractivity contribution in [2.45, 2.75) is 33.0 Å². The number of hydrogen-bond donors (Lipinski definition) is 1. The number of amides is 1. The van der Waals surface area contributed by atoms with Gasteiger partial charge < -0.3 is 10.1 Å². The minimum atomic E-state index is -4.57.